The first-order valence-electron chi connectivity index (χ1n) is 6.46. The van der Waals surface area contributed by atoms with Gasteiger partial charge in [0.1, 0.15) is 0 Å². The zero-order valence-electron chi connectivity index (χ0n) is 11.2. The van der Waals surface area contributed by atoms with Gasteiger partial charge in [0.2, 0.25) is 11.2 Å². The van der Waals surface area contributed by atoms with Gasteiger partial charge in [0, 0.05) is 13.2 Å². The molecule has 0 aliphatic heterocycles. The lowest BCUT2D eigenvalue weighted by Crippen LogP contribution is -2.19. The number of rotatable bonds is 7. The van der Waals surface area contributed by atoms with Crippen LogP contribution in [0.15, 0.2) is 0 Å². The molecule has 106 valence electrons. The molecule has 1 aromatic heterocycles. The normalized spacial score (nSPS) is 16.5. The summed E-state index contributed by atoms with van der Waals surface area (Å²) in [6.45, 7) is 4.73. The van der Waals surface area contributed by atoms with E-state index in [2.05, 4.69) is 20.3 Å². The smallest absolute Gasteiger partial charge is 0.322 e. The molecule has 19 heavy (non-hydrogen) atoms. The average molecular weight is 287 g/mol. The molecule has 7 heteroatoms. The quantitative estimate of drug-likeness (QED) is 0.797. The van der Waals surface area contributed by atoms with E-state index in [9.17, 15) is 0 Å². The number of nitrogens with one attached hydrogen (secondary N) is 1. The number of hydrogen-bond acceptors (Lipinski definition) is 6. The molecule has 0 radical (unpaired) electrons. The highest BCUT2D eigenvalue weighted by atomic mass is 35.5. The molecule has 1 aliphatic rings. The fourth-order valence-corrected chi connectivity index (χ4v) is 2.02. The maximum Gasteiger partial charge on any atom is 0.322 e. The molecule has 1 aliphatic carbocycles. The summed E-state index contributed by atoms with van der Waals surface area (Å²) in [5, 5.41) is 12.3. The summed E-state index contributed by atoms with van der Waals surface area (Å²) in [5.41, 5.74) is 0.187. The lowest BCUT2D eigenvalue weighted by Gasteiger charge is -2.15. The van der Waals surface area contributed by atoms with E-state index >= 15 is 0 Å². The number of aromatic nitrogens is 3. The Hall–Kier alpha value is -1.14. The van der Waals surface area contributed by atoms with Crippen molar-refractivity contribution in [2.75, 3.05) is 18.5 Å². The van der Waals surface area contributed by atoms with Crippen molar-refractivity contribution in [2.24, 2.45) is 5.41 Å². The first-order chi connectivity index (χ1) is 9.03. The van der Waals surface area contributed by atoms with Crippen molar-refractivity contribution >= 4 is 17.5 Å². The minimum atomic E-state index is -0.0181. The number of ether oxygens (including phenoxy) is 1. The van der Waals surface area contributed by atoms with Crippen LogP contribution in [0.25, 0.3) is 0 Å². The highest BCUT2D eigenvalue weighted by Crippen LogP contribution is 2.48. The minimum Gasteiger partial charge on any atom is -0.461 e. The Balaban J connectivity index is 1.98. The molecule has 1 aromatic rings. The third kappa shape index (κ3) is 4.18. The van der Waals surface area contributed by atoms with Crippen molar-refractivity contribution in [3.05, 3.63) is 5.28 Å². The van der Waals surface area contributed by atoms with E-state index in [0.29, 0.717) is 5.95 Å². The summed E-state index contributed by atoms with van der Waals surface area (Å²) in [4.78, 5) is 12.1. The van der Waals surface area contributed by atoms with Crippen molar-refractivity contribution in [2.45, 2.75) is 39.2 Å². The summed E-state index contributed by atoms with van der Waals surface area (Å²) >= 11 is 5.84. The van der Waals surface area contributed by atoms with Gasteiger partial charge in [-0.25, -0.2) is 0 Å². The van der Waals surface area contributed by atoms with E-state index in [1.165, 1.54) is 0 Å². The summed E-state index contributed by atoms with van der Waals surface area (Å²) in [6.07, 6.45) is 3.02. The minimum absolute atomic E-state index is 0.0181. The summed E-state index contributed by atoms with van der Waals surface area (Å²) in [5.74, 6) is 0.417. The van der Waals surface area contributed by atoms with Crippen LogP contribution in [-0.2, 0) is 0 Å². The van der Waals surface area contributed by atoms with Crippen LogP contribution >= 0.6 is 11.6 Å². The van der Waals surface area contributed by atoms with Crippen LogP contribution in [0.2, 0.25) is 5.28 Å². The molecule has 0 spiro atoms. The Kier molecular flexibility index (Phi) is 4.42. The molecule has 1 saturated carbocycles. The number of hydrogen-bond donors (Lipinski definition) is 2. The zero-order chi connectivity index (χ0) is 13.9. The average Bonchev–Trinajstić information content (AvgIpc) is 3.06. The molecule has 0 atom stereocenters. The van der Waals surface area contributed by atoms with Gasteiger partial charge in [0.25, 0.3) is 0 Å². The standard InChI is InChI=1S/C12H19ClN4O2/c1-8(2)19-11-16-9(13)15-10(17-11)14-7-12(3-4-12)5-6-18/h8,18H,3-7H2,1-2H3,(H,14,15,16,17). The first kappa shape index (κ1) is 14.3. The Labute approximate surface area is 117 Å². The maximum atomic E-state index is 9.02. The zero-order valence-corrected chi connectivity index (χ0v) is 11.9. The Morgan fingerprint density at radius 3 is 2.68 bits per heavy atom. The largest absolute Gasteiger partial charge is 0.461 e. The van der Waals surface area contributed by atoms with Crippen molar-refractivity contribution in [1.29, 1.82) is 0 Å². The molecule has 0 saturated heterocycles. The van der Waals surface area contributed by atoms with E-state index in [1.807, 2.05) is 13.8 Å². The number of aliphatic hydroxyl groups is 1. The van der Waals surface area contributed by atoms with E-state index in [1.54, 1.807) is 0 Å². The first-order valence-corrected chi connectivity index (χ1v) is 6.84. The van der Waals surface area contributed by atoms with Crippen LogP contribution in [0.1, 0.15) is 33.1 Å². The van der Waals surface area contributed by atoms with Gasteiger partial charge in [-0.3, -0.25) is 0 Å². The van der Waals surface area contributed by atoms with Crippen LogP contribution in [-0.4, -0.2) is 39.3 Å². The van der Waals surface area contributed by atoms with Gasteiger partial charge in [-0.2, -0.15) is 15.0 Å². The Morgan fingerprint density at radius 2 is 2.11 bits per heavy atom. The van der Waals surface area contributed by atoms with E-state index in [-0.39, 0.29) is 29.4 Å². The molecule has 2 rings (SSSR count). The molecule has 6 nitrogen and oxygen atoms in total. The molecule has 0 bridgehead atoms. The highest BCUT2D eigenvalue weighted by Gasteiger charge is 2.41. The second kappa shape index (κ2) is 5.88. The van der Waals surface area contributed by atoms with Crippen molar-refractivity contribution in [3.8, 4) is 6.01 Å². The fraction of sp³-hybridized carbons (Fsp3) is 0.750. The predicted molar refractivity (Wildman–Crippen MR) is 72.5 cm³/mol. The monoisotopic (exact) mass is 286 g/mol. The number of anilines is 1. The molecule has 0 amide bonds. The second-order valence-electron chi connectivity index (χ2n) is 5.20. The third-order valence-electron chi connectivity index (χ3n) is 3.15. The molecule has 0 aromatic carbocycles. The van der Waals surface area contributed by atoms with Gasteiger partial charge >= 0.3 is 6.01 Å². The maximum absolute atomic E-state index is 9.02. The SMILES string of the molecule is CC(C)Oc1nc(Cl)nc(NCC2(CCO)CC2)n1. The molecular formula is C12H19ClN4O2. The van der Waals surface area contributed by atoms with Gasteiger partial charge in [0.15, 0.2) is 0 Å². The lowest BCUT2D eigenvalue weighted by atomic mass is 10.0. The molecular weight excluding hydrogens is 268 g/mol. The van der Waals surface area contributed by atoms with Crippen molar-refractivity contribution in [3.63, 3.8) is 0 Å². The number of nitrogens with zero attached hydrogens (tertiary/aromatic N) is 3. The van der Waals surface area contributed by atoms with E-state index in [0.717, 1.165) is 25.8 Å². The van der Waals surface area contributed by atoms with Gasteiger partial charge in [-0.05, 0) is 50.1 Å². The Morgan fingerprint density at radius 1 is 1.37 bits per heavy atom. The molecule has 0 unspecified atom stereocenters. The Bertz CT molecular complexity index is 438. The number of halogens is 1. The van der Waals surface area contributed by atoms with Gasteiger partial charge < -0.3 is 15.2 Å². The van der Waals surface area contributed by atoms with Gasteiger partial charge in [0.05, 0.1) is 6.10 Å². The summed E-state index contributed by atoms with van der Waals surface area (Å²) in [6, 6.07) is 0.226. The van der Waals surface area contributed by atoms with Crippen molar-refractivity contribution < 1.29 is 9.84 Å². The van der Waals surface area contributed by atoms with Crippen LogP contribution in [0.4, 0.5) is 5.95 Å². The van der Waals surface area contributed by atoms with Gasteiger partial charge in [-0.15, -0.1) is 0 Å². The molecule has 2 N–H and O–H groups in total. The van der Waals surface area contributed by atoms with Crippen LogP contribution < -0.4 is 10.1 Å². The molecule has 1 heterocycles. The fourth-order valence-electron chi connectivity index (χ4n) is 1.87. The lowest BCUT2D eigenvalue weighted by molar-refractivity contribution is 0.221. The van der Waals surface area contributed by atoms with Crippen LogP contribution in [0, 0.1) is 5.41 Å². The van der Waals surface area contributed by atoms with E-state index < -0.39 is 0 Å². The van der Waals surface area contributed by atoms with E-state index in [4.69, 9.17) is 21.4 Å². The summed E-state index contributed by atoms with van der Waals surface area (Å²) < 4.78 is 5.40. The highest BCUT2D eigenvalue weighted by molar-refractivity contribution is 6.28. The van der Waals surface area contributed by atoms with Gasteiger partial charge in [-0.1, -0.05) is 0 Å². The van der Waals surface area contributed by atoms with Crippen LogP contribution in [0.5, 0.6) is 6.01 Å². The van der Waals surface area contributed by atoms with Crippen molar-refractivity contribution in [1.82, 2.24) is 15.0 Å². The predicted octanol–water partition coefficient (Wildman–Crippen LogP) is 1.89. The number of aliphatic hydroxyl groups excluding tert-OH is 1. The van der Waals surface area contributed by atoms with Crippen LogP contribution in [0.3, 0.4) is 0 Å². The second-order valence-corrected chi connectivity index (χ2v) is 5.54. The third-order valence-corrected chi connectivity index (χ3v) is 3.32. The summed E-state index contributed by atoms with van der Waals surface area (Å²) in [7, 11) is 0. The topological polar surface area (TPSA) is 80.2 Å². The molecule has 1 fully saturated rings.